The molecule has 6 nitrogen and oxygen atoms in total. The molecule has 0 spiro atoms. The summed E-state index contributed by atoms with van der Waals surface area (Å²) in [6.07, 6.45) is 2.06. The lowest BCUT2D eigenvalue weighted by atomic mass is 9.89. The van der Waals surface area contributed by atoms with Crippen molar-refractivity contribution in [1.82, 2.24) is 10.6 Å². The number of benzene rings is 1. The minimum Gasteiger partial charge on any atom is -0.493 e. The van der Waals surface area contributed by atoms with Crippen LogP contribution in [-0.4, -0.2) is 53.5 Å². The summed E-state index contributed by atoms with van der Waals surface area (Å²) < 4.78 is 16.2. The first-order valence-corrected chi connectivity index (χ1v) is 9.04. The van der Waals surface area contributed by atoms with Crippen LogP contribution >= 0.6 is 0 Å². The molecule has 148 valence electrons. The molecule has 0 aliphatic carbocycles. The number of aliphatic imine (C=N–C) groups is 1. The number of hydrogen-bond donors (Lipinski definition) is 2. The van der Waals surface area contributed by atoms with Crippen molar-refractivity contribution in [2.45, 2.75) is 39.7 Å². The zero-order valence-electron chi connectivity index (χ0n) is 17.3. The highest BCUT2D eigenvalue weighted by atomic mass is 16.5. The summed E-state index contributed by atoms with van der Waals surface area (Å²) in [5.41, 5.74) is 1.30. The van der Waals surface area contributed by atoms with Gasteiger partial charge in [0.2, 0.25) is 0 Å². The van der Waals surface area contributed by atoms with Crippen LogP contribution in [0.25, 0.3) is 0 Å². The minimum atomic E-state index is 0.0774. The molecule has 0 heterocycles. The smallest absolute Gasteiger partial charge is 0.191 e. The first kappa shape index (κ1) is 22.1. The largest absolute Gasteiger partial charge is 0.493 e. The summed E-state index contributed by atoms with van der Waals surface area (Å²) in [6.45, 7) is 8.06. The molecule has 26 heavy (non-hydrogen) atoms. The highest BCUT2D eigenvalue weighted by Gasteiger charge is 2.24. The van der Waals surface area contributed by atoms with E-state index < -0.39 is 0 Å². The second-order valence-corrected chi connectivity index (χ2v) is 7.26. The van der Waals surface area contributed by atoms with Crippen molar-refractivity contribution in [2.24, 2.45) is 10.4 Å². The molecule has 0 aliphatic rings. The third-order valence-electron chi connectivity index (χ3n) is 4.31. The predicted octanol–water partition coefficient (Wildman–Crippen LogP) is 2.86. The van der Waals surface area contributed by atoms with Gasteiger partial charge in [0.15, 0.2) is 17.5 Å². The number of methoxy groups -OCH3 is 3. The van der Waals surface area contributed by atoms with Gasteiger partial charge in [0.05, 0.1) is 20.3 Å². The molecule has 0 radical (unpaired) electrons. The fraction of sp³-hybridized carbons (Fsp3) is 0.650. The van der Waals surface area contributed by atoms with Gasteiger partial charge in [0, 0.05) is 27.2 Å². The highest BCUT2D eigenvalue weighted by Crippen LogP contribution is 2.27. The van der Waals surface area contributed by atoms with Gasteiger partial charge < -0.3 is 24.8 Å². The Balaban J connectivity index is 2.41. The van der Waals surface area contributed by atoms with Gasteiger partial charge in [-0.3, -0.25) is 4.99 Å². The Morgan fingerprint density at radius 3 is 2.31 bits per heavy atom. The van der Waals surface area contributed by atoms with Crippen molar-refractivity contribution in [1.29, 1.82) is 0 Å². The number of nitrogens with one attached hydrogen (secondary N) is 2. The van der Waals surface area contributed by atoms with E-state index in [0.29, 0.717) is 0 Å². The van der Waals surface area contributed by atoms with E-state index in [-0.39, 0.29) is 11.5 Å². The van der Waals surface area contributed by atoms with E-state index in [4.69, 9.17) is 14.2 Å². The fourth-order valence-electron chi connectivity index (χ4n) is 2.69. The Morgan fingerprint density at radius 2 is 1.77 bits per heavy atom. The topological polar surface area (TPSA) is 64.1 Å². The molecule has 1 rings (SSSR count). The summed E-state index contributed by atoms with van der Waals surface area (Å²) in [7, 11) is 6.83. The maximum Gasteiger partial charge on any atom is 0.191 e. The van der Waals surface area contributed by atoms with E-state index in [1.54, 1.807) is 28.4 Å². The van der Waals surface area contributed by atoms with Crippen molar-refractivity contribution < 1.29 is 14.2 Å². The molecule has 0 amide bonds. The molecule has 0 aromatic heterocycles. The van der Waals surface area contributed by atoms with Crippen molar-refractivity contribution >= 4 is 5.96 Å². The maximum absolute atomic E-state index is 5.57. The van der Waals surface area contributed by atoms with Gasteiger partial charge in [-0.25, -0.2) is 0 Å². The van der Waals surface area contributed by atoms with Crippen molar-refractivity contribution in [3.8, 4) is 11.5 Å². The number of hydrogen-bond acceptors (Lipinski definition) is 4. The van der Waals surface area contributed by atoms with Crippen LogP contribution in [0.3, 0.4) is 0 Å². The Hall–Kier alpha value is -1.95. The standard InChI is InChI=1S/C20H35N3O3/c1-20(2,3)18(26-7)14-23-19(21-4)22-12-8-9-15-10-11-16(24-5)17(13-15)25-6/h10-11,13,18H,8-9,12,14H2,1-7H3,(H2,21,22,23). The van der Waals surface area contributed by atoms with Gasteiger partial charge in [-0.1, -0.05) is 26.8 Å². The van der Waals surface area contributed by atoms with Gasteiger partial charge >= 0.3 is 0 Å². The van der Waals surface area contributed by atoms with Crippen LogP contribution in [0.4, 0.5) is 0 Å². The van der Waals surface area contributed by atoms with E-state index in [1.165, 1.54) is 5.56 Å². The molecular formula is C20H35N3O3. The van der Waals surface area contributed by atoms with E-state index >= 15 is 0 Å². The third kappa shape index (κ3) is 7.12. The van der Waals surface area contributed by atoms with Gasteiger partial charge in [0.25, 0.3) is 0 Å². The summed E-state index contributed by atoms with van der Waals surface area (Å²) in [5.74, 6) is 2.32. The normalized spacial score (nSPS) is 13.3. The Morgan fingerprint density at radius 1 is 1.08 bits per heavy atom. The van der Waals surface area contributed by atoms with Gasteiger partial charge in [-0.2, -0.15) is 0 Å². The predicted molar refractivity (Wildman–Crippen MR) is 107 cm³/mol. The molecular weight excluding hydrogens is 330 g/mol. The summed E-state index contributed by atoms with van der Waals surface area (Å²) in [5, 5.41) is 6.69. The number of aryl methyl sites for hydroxylation is 1. The first-order valence-electron chi connectivity index (χ1n) is 9.04. The number of guanidine groups is 1. The molecule has 0 bridgehead atoms. The molecule has 0 aliphatic heterocycles. The summed E-state index contributed by atoms with van der Waals surface area (Å²) in [6, 6.07) is 6.04. The van der Waals surface area contributed by atoms with E-state index in [9.17, 15) is 0 Å². The van der Waals surface area contributed by atoms with Crippen LogP contribution in [0.2, 0.25) is 0 Å². The van der Waals surface area contributed by atoms with Crippen molar-refractivity contribution in [3.05, 3.63) is 23.8 Å². The first-order chi connectivity index (χ1) is 12.3. The van der Waals surface area contributed by atoms with Gasteiger partial charge in [-0.05, 0) is 36.0 Å². The quantitative estimate of drug-likeness (QED) is 0.400. The van der Waals surface area contributed by atoms with E-state index in [0.717, 1.165) is 43.4 Å². The number of ether oxygens (including phenoxy) is 3. The summed E-state index contributed by atoms with van der Waals surface area (Å²) in [4.78, 5) is 4.27. The average molecular weight is 366 g/mol. The van der Waals surface area contributed by atoms with Crippen LogP contribution in [0.5, 0.6) is 11.5 Å². The molecule has 1 unspecified atom stereocenters. The third-order valence-corrected chi connectivity index (χ3v) is 4.31. The molecule has 1 aromatic rings. The van der Waals surface area contributed by atoms with Crippen LogP contribution < -0.4 is 20.1 Å². The number of rotatable bonds is 9. The number of nitrogens with zero attached hydrogens (tertiary/aromatic N) is 1. The van der Waals surface area contributed by atoms with E-state index in [1.807, 2.05) is 12.1 Å². The average Bonchev–Trinajstić information content (AvgIpc) is 2.62. The maximum atomic E-state index is 5.57. The lowest BCUT2D eigenvalue weighted by Gasteiger charge is -2.30. The molecule has 6 heteroatoms. The zero-order valence-corrected chi connectivity index (χ0v) is 17.3. The van der Waals surface area contributed by atoms with Crippen LogP contribution in [0.1, 0.15) is 32.8 Å². The van der Waals surface area contributed by atoms with Crippen LogP contribution in [0, 0.1) is 5.41 Å². The zero-order chi connectivity index (χ0) is 19.6. The molecule has 1 aromatic carbocycles. The fourth-order valence-corrected chi connectivity index (χ4v) is 2.69. The van der Waals surface area contributed by atoms with Crippen molar-refractivity contribution in [2.75, 3.05) is 41.5 Å². The second-order valence-electron chi connectivity index (χ2n) is 7.26. The van der Waals surface area contributed by atoms with Crippen LogP contribution in [-0.2, 0) is 11.2 Å². The Kier molecular flexibility index (Phi) is 9.27. The Bertz CT molecular complexity index is 568. The monoisotopic (exact) mass is 365 g/mol. The molecule has 1 atom stereocenters. The SMILES string of the molecule is CN=C(NCCCc1ccc(OC)c(OC)c1)NCC(OC)C(C)(C)C. The van der Waals surface area contributed by atoms with Gasteiger partial charge in [0.1, 0.15) is 0 Å². The molecule has 0 saturated carbocycles. The lowest BCUT2D eigenvalue weighted by molar-refractivity contribution is 0.0205. The molecule has 2 N–H and O–H groups in total. The van der Waals surface area contributed by atoms with Gasteiger partial charge in [-0.15, -0.1) is 0 Å². The molecule has 0 saturated heterocycles. The Labute approximate surface area is 158 Å². The van der Waals surface area contributed by atoms with Crippen molar-refractivity contribution in [3.63, 3.8) is 0 Å². The highest BCUT2D eigenvalue weighted by molar-refractivity contribution is 5.79. The van der Waals surface area contributed by atoms with E-state index in [2.05, 4.69) is 42.5 Å². The lowest BCUT2D eigenvalue weighted by Crippen LogP contribution is -2.45. The second kappa shape index (κ2) is 10.9. The van der Waals surface area contributed by atoms with Crippen LogP contribution in [0.15, 0.2) is 23.2 Å². The minimum absolute atomic E-state index is 0.0774. The summed E-state index contributed by atoms with van der Waals surface area (Å²) >= 11 is 0. The molecule has 0 fully saturated rings.